The predicted octanol–water partition coefficient (Wildman–Crippen LogP) is 3.83. The van der Waals surface area contributed by atoms with Gasteiger partial charge in [-0.25, -0.2) is 9.67 Å². The lowest BCUT2D eigenvalue weighted by molar-refractivity contribution is 0.335. The van der Waals surface area contributed by atoms with Crippen molar-refractivity contribution >= 4 is 11.2 Å². The summed E-state index contributed by atoms with van der Waals surface area (Å²) in [6.45, 7) is 2.03. The molecule has 1 aliphatic rings. The fourth-order valence-electron chi connectivity index (χ4n) is 3.15. The Bertz CT molecular complexity index is 717. The van der Waals surface area contributed by atoms with Gasteiger partial charge in [0, 0.05) is 0 Å². The molecule has 0 amide bonds. The van der Waals surface area contributed by atoms with Gasteiger partial charge < -0.3 is 9.40 Å². The molecule has 0 radical (unpaired) electrons. The highest BCUT2D eigenvalue weighted by atomic mass is 16.3. The first-order valence-corrected chi connectivity index (χ1v) is 7.31. The van der Waals surface area contributed by atoms with Gasteiger partial charge in [-0.2, -0.15) is 5.10 Å². The topological polar surface area (TPSA) is 59.6 Å². The maximum absolute atomic E-state index is 5.42. The van der Waals surface area contributed by atoms with Crippen LogP contribution in [0.4, 0.5) is 0 Å². The van der Waals surface area contributed by atoms with Crippen LogP contribution in [0.5, 0.6) is 0 Å². The summed E-state index contributed by atoms with van der Waals surface area (Å²) in [4.78, 5) is 8.04. The van der Waals surface area contributed by atoms with E-state index < -0.39 is 0 Å². The van der Waals surface area contributed by atoms with Crippen molar-refractivity contribution in [1.29, 1.82) is 0 Å². The number of hydrogen-bond acceptors (Lipinski definition) is 3. The lowest BCUT2D eigenvalue weighted by Crippen LogP contribution is -2.14. The van der Waals surface area contributed by atoms with E-state index in [4.69, 9.17) is 9.40 Å². The first-order valence-electron chi connectivity index (χ1n) is 7.31. The number of nitrogens with one attached hydrogen (secondary N) is 1. The average molecular weight is 270 g/mol. The highest BCUT2D eigenvalue weighted by molar-refractivity contribution is 5.78. The maximum Gasteiger partial charge on any atom is 0.177 e. The summed E-state index contributed by atoms with van der Waals surface area (Å²) in [5, 5.41) is 4.69. The van der Waals surface area contributed by atoms with Gasteiger partial charge in [-0.05, 0) is 31.9 Å². The van der Waals surface area contributed by atoms with Gasteiger partial charge in [0.25, 0.3) is 0 Å². The molecule has 3 heterocycles. The molecule has 1 aliphatic carbocycles. The van der Waals surface area contributed by atoms with Gasteiger partial charge in [-0.3, -0.25) is 0 Å². The van der Waals surface area contributed by atoms with Crippen LogP contribution < -0.4 is 0 Å². The zero-order valence-corrected chi connectivity index (χ0v) is 11.6. The molecule has 0 unspecified atom stereocenters. The maximum atomic E-state index is 5.42. The molecular weight excluding hydrogens is 252 g/mol. The van der Waals surface area contributed by atoms with Gasteiger partial charge in [0.1, 0.15) is 5.52 Å². The molecule has 0 aliphatic heterocycles. The Morgan fingerprint density at radius 2 is 2.15 bits per heavy atom. The van der Waals surface area contributed by atoms with E-state index in [9.17, 15) is 0 Å². The minimum absolute atomic E-state index is 0.493. The van der Waals surface area contributed by atoms with Gasteiger partial charge in [-0.15, -0.1) is 0 Å². The van der Waals surface area contributed by atoms with Crippen molar-refractivity contribution in [3.63, 3.8) is 0 Å². The molecular formula is C15H18N4O. The van der Waals surface area contributed by atoms with Crippen LogP contribution >= 0.6 is 0 Å². The van der Waals surface area contributed by atoms with Gasteiger partial charge in [0.05, 0.1) is 18.0 Å². The smallest absolute Gasteiger partial charge is 0.177 e. The van der Waals surface area contributed by atoms with E-state index in [2.05, 4.69) is 14.8 Å². The van der Waals surface area contributed by atoms with Crippen molar-refractivity contribution in [1.82, 2.24) is 19.7 Å². The second-order valence-electron chi connectivity index (χ2n) is 5.58. The Morgan fingerprint density at radius 1 is 1.30 bits per heavy atom. The van der Waals surface area contributed by atoms with Gasteiger partial charge in [-0.1, -0.05) is 19.3 Å². The lowest BCUT2D eigenvalue weighted by atomic mass is 9.96. The molecule has 3 aromatic heterocycles. The standard InChI is InChI=1S/C15H18N4O/c1-10-13-15(17-14(16-13)12-8-5-9-20-12)19(18-10)11-6-3-2-4-7-11/h5,8-9,11H,2-4,6-7H2,1H3,(H,16,17). The summed E-state index contributed by atoms with van der Waals surface area (Å²) in [7, 11) is 0. The summed E-state index contributed by atoms with van der Waals surface area (Å²) in [6, 6.07) is 4.29. The molecule has 4 rings (SSSR count). The van der Waals surface area contributed by atoms with Gasteiger partial charge in [0.15, 0.2) is 17.2 Å². The molecule has 3 aromatic rings. The highest BCUT2D eigenvalue weighted by Gasteiger charge is 2.22. The van der Waals surface area contributed by atoms with Crippen molar-refractivity contribution in [3.8, 4) is 11.6 Å². The third kappa shape index (κ3) is 1.77. The SMILES string of the molecule is Cc1nn(C2CCCCC2)c2nc(-c3ccco3)[nH]c12. The number of furan rings is 1. The Labute approximate surface area is 117 Å². The number of nitrogens with zero attached hydrogens (tertiary/aromatic N) is 3. The van der Waals surface area contributed by atoms with Crippen LogP contribution in [-0.2, 0) is 0 Å². The summed E-state index contributed by atoms with van der Waals surface area (Å²) >= 11 is 0. The summed E-state index contributed by atoms with van der Waals surface area (Å²) in [6.07, 6.45) is 8.01. The quantitative estimate of drug-likeness (QED) is 0.769. The number of rotatable bonds is 2. The first kappa shape index (κ1) is 11.8. The van der Waals surface area contributed by atoms with Crippen molar-refractivity contribution in [2.24, 2.45) is 0 Å². The van der Waals surface area contributed by atoms with Crippen LogP contribution in [0.25, 0.3) is 22.7 Å². The van der Waals surface area contributed by atoms with Crippen LogP contribution in [-0.4, -0.2) is 19.7 Å². The van der Waals surface area contributed by atoms with Crippen LogP contribution in [0.3, 0.4) is 0 Å². The van der Waals surface area contributed by atoms with Crippen molar-refractivity contribution < 1.29 is 4.42 Å². The highest BCUT2D eigenvalue weighted by Crippen LogP contribution is 2.31. The number of aryl methyl sites for hydroxylation is 1. The van der Waals surface area contributed by atoms with Gasteiger partial charge >= 0.3 is 0 Å². The monoisotopic (exact) mass is 270 g/mol. The Hall–Kier alpha value is -2.04. The zero-order valence-electron chi connectivity index (χ0n) is 11.6. The summed E-state index contributed by atoms with van der Waals surface area (Å²) in [5.41, 5.74) is 3.00. The molecule has 0 spiro atoms. The Balaban J connectivity index is 1.81. The molecule has 1 saturated carbocycles. The minimum atomic E-state index is 0.493. The second-order valence-corrected chi connectivity index (χ2v) is 5.58. The van der Waals surface area contributed by atoms with Crippen molar-refractivity contribution in [3.05, 3.63) is 24.1 Å². The average Bonchev–Trinajstić information content (AvgIpc) is 3.17. The van der Waals surface area contributed by atoms with Crippen LogP contribution in [0.15, 0.2) is 22.8 Å². The fourth-order valence-corrected chi connectivity index (χ4v) is 3.15. The largest absolute Gasteiger partial charge is 0.461 e. The predicted molar refractivity (Wildman–Crippen MR) is 76.4 cm³/mol. The Morgan fingerprint density at radius 3 is 2.90 bits per heavy atom. The lowest BCUT2D eigenvalue weighted by Gasteiger charge is -2.21. The molecule has 0 aromatic carbocycles. The molecule has 1 N–H and O–H groups in total. The second kappa shape index (κ2) is 4.51. The molecule has 5 nitrogen and oxygen atoms in total. The molecule has 0 bridgehead atoms. The summed E-state index contributed by atoms with van der Waals surface area (Å²) < 4.78 is 7.54. The molecule has 1 fully saturated rings. The minimum Gasteiger partial charge on any atom is -0.461 e. The molecule has 0 saturated heterocycles. The number of H-pyrrole nitrogens is 1. The van der Waals surface area contributed by atoms with Crippen LogP contribution in [0, 0.1) is 6.92 Å². The summed E-state index contributed by atoms with van der Waals surface area (Å²) in [5.74, 6) is 1.56. The molecule has 20 heavy (non-hydrogen) atoms. The van der Waals surface area contributed by atoms with E-state index in [0.29, 0.717) is 6.04 Å². The van der Waals surface area contributed by atoms with E-state index >= 15 is 0 Å². The van der Waals surface area contributed by atoms with E-state index in [-0.39, 0.29) is 0 Å². The normalized spacial score (nSPS) is 17.1. The van der Waals surface area contributed by atoms with E-state index in [0.717, 1.165) is 28.4 Å². The number of aromatic amines is 1. The number of imidazole rings is 1. The van der Waals surface area contributed by atoms with E-state index in [1.54, 1.807) is 6.26 Å². The number of hydrogen-bond donors (Lipinski definition) is 1. The number of aromatic nitrogens is 4. The zero-order chi connectivity index (χ0) is 13.5. The van der Waals surface area contributed by atoms with E-state index in [1.165, 1.54) is 32.1 Å². The Kier molecular flexibility index (Phi) is 2.65. The van der Waals surface area contributed by atoms with E-state index in [1.807, 2.05) is 19.1 Å². The third-order valence-electron chi connectivity index (χ3n) is 4.20. The van der Waals surface area contributed by atoms with Crippen molar-refractivity contribution in [2.45, 2.75) is 45.1 Å². The first-order chi connectivity index (χ1) is 9.83. The molecule has 5 heteroatoms. The number of fused-ring (bicyclic) bond motifs is 1. The van der Waals surface area contributed by atoms with Crippen LogP contribution in [0.1, 0.15) is 43.8 Å². The third-order valence-corrected chi connectivity index (χ3v) is 4.20. The molecule has 104 valence electrons. The fraction of sp³-hybridized carbons (Fsp3) is 0.467. The van der Waals surface area contributed by atoms with Crippen LogP contribution in [0.2, 0.25) is 0 Å². The molecule has 0 atom stereocenters. The van der Waals surface area contributed by atoms with Crippen molar-refractivity contribution in [2.75, 3.05) is 0 Å². The van der Waals surface area contributed by atoms with Gasteiger partial charge in [0.2, 0.25) is 0 Å².